The number of anilines is 2. The second-order valence-corrected chi connectivity index (χ2v) is 4.37. The van der Waals surface area contributed by atoms with Crippen LogP contribution in [-0.4, -0.2) is 43.6 Å². The fraction of sp³-hybridized carbons (Fsp3) is 0.615. The Labute approximate surface area is 114 Å². The summed E-state index contributed by atoms with van der Waals surface area (Å²) in [4.78, 5) is 22.2. The Kier molecular flexibility index (Phi) is 6.05. The molecule has 0 aliphatic rings. The van der Waals surface area contributed by atoms with Crippen molar-refractivity contribution in [3.05, 3.63) is 11.9 Å². The monoisotopic (exact) mass is 265 g/mol. The molecule has 0 aliphatic carbocycles. The number of hydrogen-bond acceptors (Lipinski definition) is 5. The van der Waals surface area contributed by atoms with Crippen LogP contribution in [0.25, 0.3) is 0 Å². The smallest absolute Gasteiger partial charge is 0.221 e. The third-order valence-corrected chi connectivity index (χ3v) is 2.83. The van der Waals surface area contributed by atoms with Gasteiger partial charge in [0.2, 0.25) is 5.91 Å². The standard InChI is InChI=1S/C13H23N5O/c1-5-6-10-16-11(14-2)9-12(17-10)18(4)8-7-13(19)15-3/h9H,5-8H2,1-4H3,(H,15,19)(H,14,16,17). The molecule has 0 fully saturated rings. The molecule has 0 saturated heterocycles. The summed E-state index contributed by atoms with van der Waals surface area (Å²) in [6, 6.07) is 1.89. The Hall–Kier alpha value is -1.85. The van der Waals surface area contributed by atoms with E-state index in [4.69, 9.17) is 0 Å². The Morgan fingerprint density at radius 3 is 2.68 bits per heavy atom. The van der Waals surface area contributed by atoms with Gasteiger partial charge in [0.1, 0.15) is 17.5 Å². The van der Waals surface area contributed by atoms with Crippen molar-refractivity contribution in [2.75, 3.05) is 37.9 Å². The molecule has 0 atom stereocenters. The Balaban J connectivity index is 2.79. The third kappa shape index (κ3) is 4.73. The molecule has 1 heterocycles. The van der Waals surface area contributed by atoms with E-state index in [0.29, 0.717) is 13.0 Å². The van der Waals surface area contributed by atoms with Crippen LogP contribution in [0.2, 0.25) is 0 Å². The molecular weight excluding hydrogens is 242 g/mol. The minimum Gasteiger partial charge on any atom is -0.373 e. The lowest BCUT2D eigenvalue weighted by Gasteiger charge is -2.19. The van der Waals surface area contributed by atoms with Gasteiger partial charge in [-0.1, -0.05) is 6.92 Å². The average Bonchev–Trinajstić information content (AvgIpc) is 2.44. The number of hydrogen-bond donors (Lipinski definition) is 2. The highest BCUT2D eigenvalue weighted by Crippen LogP contribution is 2.15. The van der Waals surface area contributed by atoms with Crippen molar-refractivity contribution in [2.45, 2.75) is 26.2 Å². The van der Waals surface area contributed by atoms with Crippen molar-refractivity contribution in [1.82, 2.24) is 15.3 Å². The summed E-state index contributed by atoms with van der Waals surface area (Å²) in [5, 5.41) is 5.66. The summed E-state index contributed by atoms with van der Waals surface area (Å²) < 4.78 is 0. The maximum absolute atomic E-state index is 11.3. The molecule has 1 aromatic heterocycles. The number of rotatable bonds is 7. The van der Waals surface area contributed by atoms with E-state index >= 15 is 0 Å². The van der Waals surface area contributed by atoms with Gasteiger partial charge in [-0.05, 0) is 6.42 Å². The van der Waals surface area contributed by atoms with Gasteiger partial charge < -0.3 is 15.5 Å². The average molecular weight is 265 g/mol. The highest BCUT2D eigenvalue weighted by molar-refractivity contribution is 5.76. The molecule has 1 aromatic rings. The molecule has 0 radical (unpaired) electrons. The van der Waals surface area contributed by atoms with Crippen LogP contribution >= 0.6 is 0 Å². The van der Waals surface area contributed by atoms with E-state index in [1.807, 2.05) is 25.1 Å². The summed E-state index contributed by atoms with van der Waals surface area (Å²) in [5.74, 6) is 2.51. The van der Waals surface area contributed by atoms with Crippen LogP contribution in [0.3, 0.4) is 0 Å². The molecule has 0 aliphatic heterocycles. The van der Waals surface area contributed by atoms with E-state index in [2.05, 4.69) is 27.5 Å². The van der Waals surface area contributed by atoms with E-state index in [1.54, 1.807) is 7.05 Å². The zero-order valence-corrected chi connectivity index (χ0v) is 12.2. The minimum atomic E-state index is 0.0310. The Morgan fingerprint density at radius 2 is 2.11 bits per heavy atom. The van der Waals surface area contributed by atoms with Gasteiger partial charge in [-0.15, -0.1) is 0 Å². The molecule has 0 unspecified atom stereocenters. The summed E-state index contributed by atoms with van der Waals surface area (Å²) in [6.45, 7) is 2.73. The second-order valence-electron chi connectivity index (χ2n) is 4.37. The van der Waals surface area contributed by atoms with Gasteiger partial charge in [0.05, 0.1) is 0 Å². The van der Waals surface area contributed by atoms with Crippen LogP contribution < -0.4 is 15.5 Å². The lowest BCUT2D eigenvalue weighted by atomic mass is 10.3. The molecule has 0 saturated carbocycles. The first-order chi connectivity index (χ1) is 9.10. The number of nitrogens with one attached hydrogen (secondary N) is 2. The van der Waals surface area contributed by atoms with E-state index in [9.17, 15) is 4.79 Å². The Bertz CT molecular complexity index is 421. The minimum absolute atomic E-state index is 0.0310. The highest BCUT2D eigenvalue weighted by atomic mass is 16.1. The van der Waals surface area contributed by atoms with Crippen LogP contribution in [-0.2, 0) is 11.2 Å². The van der Waals surface area contributed by atoms with Gasteiger partial charge in [0.15, 0.2) is 0 Å². The third-order valence-electron chi connectivity index (χ3n) is 2.83. The molecule has 0 aromatic carbocycles. The summed E-state index contributed by atoms with van der Waals surface area (Å²) in [5.41, 5.74) is 0. The SMILES string of the molecule is CCCc1nc(NC)cc(N(C)CCC(=O)NC)n1. The quantitative estimate of drug-likeness (QED) is 0.771. The fourth-order valence-electron chi connectivity index (χ4n) is 1.65. The van der Waals surface area contributed by atoms with Crippen molar-refractivity contribution in [2.24, 2.45) is 0 Å². The van der Waals surface area contributed by atoms with Crippen LogP contribution in [0, 0.1) is 0 Å². The maximum atomic E-state index is 11.3. The molecule has 6 nitrogen and oxygen atoms in total. The lowest BCUT2D eigenvalue weighted by molar-refractivity contribution is -0.120. The number of carbonyl (C=O) groups is 1. The highest BCUT2D eigenvalue weighted by Gasteiger charge is 2.09. The number of carbonyl (C=O) groups excluding carboxylic acids is 1. The molecule has 1 amide bonds. The lowest BCUT2D eigenvalue weighted by Crippen LogP contribution is -2.27. The van der Waals surface area contributed by atoms with Gasteiger partial charge in [0.25, 0.3) is 0 Å². The van der Waals surface area contributed by atoms with E-state index < -0.39 is 0 Å². The van der Waals surface area contributed by atoms with E-state index in [1.165, 1.54) is 0 Å². The number of aryl methyl sites for hydroxylation is 1. The molecule has 106 valence electrons. The molecule has 1 rings (SSSR count). The fourth-order valence-corrected chi connectivity index (χ4v) is 1.65. The number of aromatic nitrogens is 2. The van der Waals surface area contributed by atoms with E-state index in [0.717, 1.165) is 30.3 Å². The summed E-state index contributed by atoms with van der Waals surface area (Å²) >= 11 is 0. The largest absolute Gasteiger partial charge is 0.373 e. The van der Waals surface area contributed by atoms with E-state index in [-0.39, 0.29) is 5.91 Å². The van der Waals surface area contributed by atoms with Crippen LogP contribution in [0.15, 0.2) is 6.07 Å². The van der Waals surface area contributed by atoms with Crippen LogP contribution in [0.1, 0.15) is 25.6 Å². The number of nitrogens with zero attached hydrogens (tertiary/aromatic N) is 3. The van der Waals surface area contributed by atoms with Crippen molar-refractivity contribution in [1.29, 1.82) is 0 Å². The van der Waals surface area contributed by atoms with Gasteiger partial charge in [-0.25, -0.2) is 9.97 Å². The van der Waals surface area contributed by atoms with Gasteiger partial charge in [-0.3, -0.25) is 4.79 Å². The zero-order valence-electron chi connectivity index (χ0n) is 12.2. The van der Waals surface area contributed by atoms with Gasteiger partial charge in [-0.2, -0.15) is 0 Å². The van der Waals surface area contributed by atoms with Crippen molar-refractivity contribution >= 4 is 17.5 Å². The number of amides is 1. The first-order valence-electron chi connectivity index (χ1n) is 6.58. The van der Waals surface area contributed by atoms with Crippen LogP contribution in [0.4, 0.5) is 11.6 Å². The molecule has 2 N–H and O–H groups in total. The zero-order chi connectivity index (χ0) is 14.3. The second kappa shape index (κ2) is 7.56. The molecular formula is C13H23N5O. The van der Waals surface area contributed by atoms with Gasteiger partial charge in [0, 0.05) is 46.6 Å². The van der Waals surface area contributed by atoms with Crippen molar-refractivity contribution < 1.29 is 4.79 Å². The molecule has 19 heavy (non-hydrogen) atoms. The molecule has 0 bridgehead atoms. The van der Waals surface area contributed by atoms with Crippen molar-refractivity contribution in [3.8, 4) is 0 Å². The van der Waals surface area contributed by atoms with Gasteiger partial charge >= 0.3 is 0 Å². The summed E-state index contributed by atoms with van der Waals surface area (Å²) in [6.07, 6.45) is 2.31. The Morgan fingerprint density at radius 1 is 1.37 bits per heavy atom. The summed E-state index contributed by atoms with van der Waals surface area (Å²) in [7, 11) is 5.41. The predicted molar refractivity (Wildman–Crippen MR) is 77.5 cm³/mol. The molecule has 0 spiro atoms. The first-order valence-corrected chi connectivity index (χ1v) is 6.58. The van der Waals surface area contributed by atoms with Crippen molar-refractivity contribution in [3.63, 3.8) is 0 Å². The predicted octanol–water partition coefficient (Wildman–Crippen LogP) is 1.04. The normalized spacial score (nSPS) is 10.1. The van der Waals surface area contributed by atoms with Crippen LogP contribution in [0.5, 0.6) is 0 Å². The topological polar surface area (TPSA) is 70.2 Å². The maximum Gasteiger partial charge on any atom is 0.221 e. The first kappa shape index (κ1) is 15.2. The molecule has 6 heteroatoms.